The van der Waals surface area contributed by atoms with Crippen LogP contribution in [0.2, 0.25) is 0 Å². The molecule has 0 saturated heterocycles. The molecule has 0 bridgehead atoms. The SMILES string of the molecule is CC[C@@H](NCCOC)c1ccc(C)cc1. The first-order chi connectivity index (χ1) is 7.27. The summed E-state index contributed by atoms with van der Waals surface area (Å²) in [7, 11) is 1.73. The number of hydrogen-bond donors (Lipinski definition) is 1. The Bertz CT molecular complexity index is 268. The standard InChI is InChI=1S/C13H21NO/c1-4-13(14-9-10-15-3)12-7-5-11(2)6-8-12/h5-8,13-14H,4,9-10H2,1-3H3/t13-/m1/s1. The van der Waals surface area contributed by atoms with E-state index in [1.165, 1.54) is 11.1 Å². The topological polar surface area (TPSA) is 21.3 Å². The summed E-state index contributed by atoms with van der Waals surface area (Å²) < 4.78 is 5.03. The summed E-state index contributed by atoms with van der Waals surface area (Å²) in [6.45, 7) is 5.98. The predicted octanol–water partition coefficient (Wildman–Crippen LogP) is 2.68. The fraction of sp³-hybridized carbons (Fsp3) is 0.538. The van der Waals surface area contributed by atoms with E-state index in [0.29, 0.717) is 6.04 Å². The number of nitrogens with one attached hydrogen (secondary N) is 1. The Hall–Kier alpha value is -0.860. The van der Waals surface area contributed by atoms with Gasteiger partial charge >= 0.3 is 0 Å². The summed E-state index contributed by atoms with van der Waals surface area (Å²) >= 11 is 0. The Balaban J connectivity index is 2.53. The highest BCUT2D eigenvalue weighted by Crippen LogP contribution is 2.16. The molecule has 0 aromatic heterocycles. The molecule has 2 nitrogen and oxygen atoms in total. The van der Waals surface area contributed by atoms with Gasteiger partial charge in [-0.25, -0.2) is 0 Å². The largest absolute Gasteiger partial charge is 0.383 e. The average Bonchev–Trinajstić information content (AvgIpc) is 2.26. The van der Waals surface area contributed by atoms with Crippen LogP contribution in [0.25, 0.3) is 0 Å². The molecule has 0 aliphatic heterocycles. The van der Waals surface area contributed by atoms with Crippen molar-refractivity contribution in [1.29, 1.82) is 0 Å². The number of rotatable bonds is 6. The van der Waals surface area contributed by atoms with Crippen LogP contribution in [0.15, 0.2) is 24.3 Å². The molecule has 1 aromatic carbocycles. The molecular formula is C13H21NO. The van der Waals surface area contributed by atoms with Gasteiger partial charge in [-0.3, -0.25) is 0 Å². The normalized spacial score (nSPS) is 12.7. The molecular weight excluding hydrogens is 186 g/mol. The minimum absolute atomic E-state index is 0.445. The third kappa shape index (κ3) is 4.02. The molecule has 0 unspecified atom stereocenters. The van der Waals surface area contributed by atoms with Crippen molar-refractivity contribution in [2.45, 2.75) is 26.3 Å². The Morgan fingerprint density at radius 3 is 2.47 bits per heavy atom. The second-order valence-electron chi connectivity index (χ2n) is 3.82. The third-order valence-electron chi connectivity index (χ3n) is 2.58. The summed E-state index contributed by atoms with van der Waals surface area (Å²) in [4.78, 5) is 0. The molecule has 0 heterocycles. The van der Waals surface area contributed by atoms with E-state index in [1.807, 2.05) is 0 Å². The van der Waals surface area contributed by atoms with Gasteiger partial charge in [-0.05, 0) is 18.9 Å². The first kappa shape index (κ1) is 12.2. The fourth-order valence-corrected chi connectivity index (χ4v) is 1.63. The number of hydrogen-bond acceptors (Lipinski definition) is 2. The lowest BCUT2D eigenvalue weighted by atomic mass is 10.0. The molecule has 0 amide bonds. The molecule has 1 rings (SSSR count). The number of ether oxygens (including phenoxy) is 1. The van der Waals surface area contributed by atoms with E-state index < -0.39 is 0 Å². The molecule has 0 fully saturated rings. The highest BCUT2D eigenvalue weighted by molar-refractivity contribution is 5.23. The first-order valence-corrected chi connectivity index (χ1v) is 5.56. The maximum Gasteiger partial charge on any atom is 0.0587 e. The van der Waals surface area contributed by atoms with E-state index in [-0.39, 0.29) is 0 Å². The summed E-state index contributed by atoms with van der Waals surface area (Å²) in [5.74, 6) is 0. The number of methoxy groups -OCH3 is 1. The van der Waals surface area contributed by atoms with E-state index in [2.05, 4.69) is 43.4 Å². The Labute approximate surface area is 92.6 Å². The fourth-order valence-electron chi connectivity index (χ4n) is 1.63. The van der Waals surface area contributed by atoms with Crippen LogP contribution in [0.5, 0.6) is 0 Å². The van der Waals surface area contributed by atoms with Crippen molar-refractivity contribution in [3.8, 4) is 0 Å². The molecule has 1 atom stereocenters. The number of aryl methyl sites for hydroxylation is 1. The van der Waals surface area contributed by atoms with Gasteiger partial charge in [0.15, 0.2) is 0 Å². The van der Waals surface area contributed by atoms with Crippen molar-refractivity contribution in [3.05, 3.63) is 35.4 Å². The second-order valence-corrected chi connectivity index (χ2v) is 3.82. The molecule has 84 valence electrons. The predicted molar refractivity (Wildman–Crippen MR) is 64.1 cm³/mol. The van der Waals surface area contributed by atoms with Crippen LogP contribution < -0.4 is 5.32 Å². The van der Waals surface area contributed by atoms with Crippen LogP contribution in [-0.4, -0.2) is 20.3 Å². The van der Waals surface area contributed by atoms with Crippen LogP contribution in [-0.2, 0) is 4.74 Å². The Morgan fingerprint density at radius 1 is 1.27 bits per heavy atom. The second kappa shape index (κ2) is 6.59. The van der Waals surface area contributed by atoms with Gasteiger partial charge in [0, 0.05) is 19.7 Å². The first-order valence-electron chi connectivity index (χ1n) is 5.56. The molecule has 2 heteroatoms. The maximum atomic E-state index is 5.03. The summed E-state index contributed by atoms with van der Waals surface area (Å²) in [6, 6.07) is 9.17. The summed E-state index contributed by atoms with van der Waals surface area (Å²) in [5.41, 5.74) is 2.67. The zero-order chi connectivity index (χ0) is 11.1. The van der Waals surface area contributed by atoms with Gasteiger partial charge in [0.05, 0.1) is 6.61 Å². The van der Waals surface area contributed by atoms with Crippen LogP contribution in [0.1, 0.15) is 30.5 Å². The van der Waals surface area contributed by atoms with Gasteiger partial charge in [-0.15, -0.1) is 0 Å². The molecule has 0 saturated carbocycles. The van der Waals surface area contributed by atoms with Crippen LogP contribution in [0.3, 0.4) is 0 Å². The van der Waals surface area contributed by atoms with Crippen molar-refractivity contribution in [2.75, 3.05) is 20.3 Å². The van der Waals surface area contributed by atoms with Gasteiger partial charge < -0.3 is 10.1 Å². The molecule has 15 heavy (non-hydrogen) atoms. The smallest absolute Gasteiger partial charge is 0.0587 e. The van der Waals surface area contributed by atoms with E-state index in [0.717, 1.165) is 19.6 Å². The lowest BCUT2D eigenvalue weighted by Crippen LogP contribution is -2.24. The van der Waals surface area contributed by atoms with Gasteiger partial charge in [0.25, 0.3) is 0 Å². The van der Waals surface area contributed by atoms with Gasteiger partial charge in [0.1, 0.15) is 0 Å². The van der Waals surface area contributed by atoms with Crippen LogP contribution in [0.4, 0.5) is 0 Å². The van der Waals surface area contributed by atoms with Crippen molar-refractivity contribution < 1.29 is 4.74 Å². The number of benzene rings is 1. The van der Waals surface area contributed by atoms with Crippen molar-refractivity contribution >= 4 is 0 Å². The lowest BCUT2D eigenvalue weighted by Gasteiger charge is -2.17. The Kier molecular flexibility index (Phi) is 5.37. The van der Waals surface area contributed by atoms with E-state index in [1.54, 1.807) is 7.11 Å². The van der Waals surface area contributed by atoms with Crippen LogP contribution >= 0.6 is 0 Å². The maximum absolute atomic E-state index is 5.03. The van der Waals surface area contributed by atoms with E-state index in [9.17, 15) is 0 Å². The Morgan fingerprint density at radius 2 is 1.93 bits per heavy atom. The van der Waals surface area contributed by atoms with Gasteiger partial charge in [0.2, 0.25) is 0 Å². The highest BCUT2D eigenvalue weighted by Gasteiger charge is 2.06. The quantitative estimate of drug-likeness (QED) is 0.724. The molecule has 1 N–H and O–H groups in total. The van der Waals surface area contributed by atoms with Crippen molar-refractivity contribution in [2.24, 2.45) is 0 Å². The van der Waals surface area contributed by atoms with E-state index in [4.69, 9.17) is 4.74 Å². The molecule has 0 spiro atoms. The summed E-state index contributed by atoms with van der Waals surface area (Å²) in [6.07, 6.45) is 1.10. The van der Waals surface area contributed by atoms with Crippen LogP contribution in [0, 0.1) is 6.92 Å². The minimum Gasteiger partial charge on any atom is -0.383 e. The monoisotopic (exact) mass is 207 g/mol. The molecule has 0 aliphatic rings. The van der Waals surface area contributed by atoms with Crippen molar-refractivity contribution in [1.82, 2.24) is 5.32 Å². The molecule has 1 aromatic rings. The highest BCUT2D eigenvalue weighted by atomic mass is 16.5. The van der Waals surface area contributed by atoms with Gasteiger partial charge in [-0.2, -0.15) is 0 Å². The average molecular weight is 207 g/mol. The summed E-state index contributed by atoms with van der Waals surface area (Å²) in [5, 5.41) is 3.48. The third-order valence-corrected chi connectivity index (χ3v) is 2.58. The zero-order valence-corrected chi connectivity index (χ0v) is 9.92. The lowest BCUT2D eigenvalue weighted by molar-refractivity contribution is 0.195. The molecule has 0 radical (unpaired) electrons. The zero-order valence-electron chi connectivity index (χ0n) is 9.92. The van der Waals surface area contributed by atoms with E-state index >= 15 is 0 Å². The van der Waals surface area contributed by atoms with Crippen molar-refractivity contribution in [3.63, 3.8) is 0 Å². The molecule has 0 aliphatic carbocycles. The van der Waals surface area contributed by atoms with Gasteiger partial charge in [-0.1, -0.05) is 36.8 Å². The minimum atomic E-state index is 0.445.